The van der Waals surface area contributed by atoms with Gasteiger partial charge in [-0.05, 0) is 105 Å². The van der Waals surface area contributed by atoms with Crippen LogP contribution in [0.5, 0.6) is 0 Å². The summed E-state index contributed by atoms with van der Waals surface area (Å²) in [6.45, 7) is 32.7. The van der Waals surface area contributed by atoms with Crippen molar-refractivity contribution in [2.24, 2.45) is 10.8 Å². The Morgan fingerprint density at radius 3 is 1.74 bits per heavy atom. The predicted octanol–water partition coefficient (Wildman–Crippen LogP) is 8.84. The molecule has 0 aromatic heterocycles. The normalized spacial score (nSPS) is 26.4. The highest BCUT2D eigenvalue weighted by molar-refractivity contribution is 6.74. The maximum absolute atomic E-state index is 10.4. The predicted molar refractivity (Wildman–Crippen MR) is 172 cm³/mol. The second-order valence-electron chi connectivity index (χ2n) is 15.9. The van der Waals surface area contributed by atoms with E-state index in [1.807, 2.05) is 0 Å². The van der Waals surface area contributed by atoms with Gasteiger partial charge in [-0.1, -0.05) is 53.7 Å². The molecule has 0 saturated carbocycles. The Kier molecular flexibility index (Phi) is 12.2. The first-order chi connectivity index (χ1) is 17.9. The first-order valence-corrected chi connectivity index (χ1v) is 21.4. The minimum absolute atomic E-state index is 0.0802. The van der Waals surface area contributed by atoms with Crippen LogP contribution in [-0.2, 0) is 8.85 Å². The van der Waals surface area contributed by atoms with Crippen molar-refractivity contribution in [3.8, 4) is 0 Å². The first-order valence-electron chi connectivity index (χ1n) is 15.6. The van der Waals surface area contributed by atoms with Crippen LogP contribution >= 0.6 is 0 Å². The third-order valence-electron chi connectivity index (χ3n) is 10.6. The van der Waals surface area contributed by atoms with Crippen LogP contribution in [0, 0.1) is 10.8 Å². The molecule has 2 atom stereocenters. The van der Waals surface area contributed by atoms with Crippen LogP contribution in [0.3, 0.4) is 0 Å². The van der Waals surface area contributed by atoms with Crippen molar-refractivity contribution in [1.82, 2.24) is 9.96 Å². The molecule has 7 heteroatoms. The van der Waals surface area contributed by atoms with Crippen LogP contribution < -0.4 is 0 Å². The quantitative estimate of drug-likeness (QED) is 0.174. The lowest BCUT2D eigenvalue weighted by Crippen LogP contribution is -2.45. The van der Waals surface area contributed by atoms with Gasteiger partial charge in [-0.25, -0.2) is 0 Å². The van der Waals surface area contributed by atoms with Crippen LogP contribution in [-0.4, -0.2) is 71.2 Å². The topological polar surface area (TPSA) is 45.2 Å². The van der Waals surface area contributed by atoms with Crippen LogP contribution in [0.2, 0.25) is 36.3 Å². The van der Waals surface area contributed by atoms with Gasteiger partial charge >= 0.3 is 0 Å². The van der Waals surface area contributed by atoms with Gasteiger partial charge < -0.3 is 19.0 Å². The molecule has 2 saturated heterocycles. The number of hydrogen-bond acceptors (Lipinski definition) is 5. The zero-order valence-corrected chi connectivity index (χ0v) is 29.5. The molecular weight excluding hydrogens is 517 g/mol. The Morgan fingerprint density at radius 2 is 1.28 bits per heavy atom. The van der Waals surface area contributed by atoms with Crippen LogP contribution in [0.15, 0.2) is 24.9 Å². The molecule has 0 aromatic carbocycles. The summed E-state index contributed by atoms with van der Waals surface area (Å²) in [5.74, 6) is 0. The lowest BCUT2D eigenvalue weighted by atomic mass is 9.74. The van der Waals surface area contributed by atoms with Crippen molar-refractivity contribution in [1.29, 1.82) is 0 Å². The van der Waals surface area contributed by atoms with Crippen LogP contribution in [0.25, 0.3) is 0 Å². The Labute approximate surface area is 244 Å². The maximum Gasteiger partial charge on any atom is 0.191 e. The van der Waals surface area contributed by atoms with Crippen LogP contribution in [0.4, 0.5) is 0 Å². The highest BCUT2D eigenvalue weighted by atomic mass is 28.4. The molecule has 1 N–H and O–H groups in total. The number of hydrogen-bond donors (Lipinski definition) is 1. The number of likely N-dealkylation sites (tertiary alicyclic amines) is 1. The largest absolute Gasteiger partial charge is 0.417 e. The Bertz CT molecular complexity index is 802. The Morgan fingerprint density at radius 1 is 0.795 bits per heavy atom. The average molecular weight is 581 g/mol. The molecule has 2 aliphatic heterocycles. The summed E-state index contributed by atoms with van der Waals surface area (Å²) in [7, 11) is -3.51. The number of piperidine rings is 2. The number of hydroxylamine groups is 2. The standard InChI is InChI=1S/C32H64N2O3Si2/c1-12-16-31(20-25-36-38(8,9)29(2,3)4)17-13-22-33(27-31)23-14-18-32(19-15-24-34(35)28-32)21-26-37-39(10,11)30(5,6)7/h12,14,23,35H,1,13,15-22,24-28H2,2-11H3/b23-14+/t31-,32-/m1/s1. The van der Waals surface area contributed by atoms with E-state index in [-0.39, 0.29) is 20.9 Å². The van der Waals surface area contributed by atoms with Gasteiger partial charge in [0.25, 0.3) is 0 Å². The van der Waals surface area contributed by atoms with E-state index in [1.165, 1.54) is 12.8 Å². The first kappa shape index (κ1) is 34.8. The second-order valence-corrected chi connectivity index (χ2v) is 25.5. The number of allylic oxidation sites excluding steroid dienone is 2. The van der Waals surface area contributed by atoms with E-state index in [2.05, 4.69) is 97.6 Å². The molecule has 2 rings (SSSR count). The zero-order valence-electron chi connectivity index (χ0n) is 27.5. The summed E-state index contributed by atoms with van der Waals surface area (Å²) >= 11 is 0. The number of rotatable bonds is 13. The lowest BCUT2D eigenvalue weighted by Gasteiger charge is -2.44. The van der Waals surface area contributed by atoms with Gasteiger partial charge in [-0.2, -0.15) is 5.06 Å². The fourth-order valence-electron chi connectivity index (χ4n) is 5.74. The van der Waals surface area contributed by atoms with E-state index in [0.29, 0.717) is 0 Å². The van der Waals surface area contributed by atoms with Gasteiger partial charge in [0.2, 0.25) is 0 Å². The van der Waals surface area contributed by atoms with Gasteiger partial charge in [0.05, 0.1) is 0 Å². The van der Waals surface area contributed by atoms with Gasteiger partial charge in [0, 0.05) is 39.4 Å². The summed E-state index contributed by atoms with van der Waals surface area (Å²) in [6.07, 6.45) is 15.7. The van der Waals surface area contributed by atoms with E-state index < -0.39 is 16.6 Å². The molecule has 0 unspecified atom stereocenters. The Hall–Kier alpha value is -0.446. The van der Waals surface area contributed by atoms with Crippen molar-refractivity contribution in [2.45, 2.75) is 129 Å². The smallest absolute Gasteiger partial charge is 0.191 e. The molecule has 0 aliphatic carbocycles. The summed E-state index contributed by atoms with van der Waals surface area (Å²) in [5.41, 5.74) is 0.324. The molecule has 2 fully saturated rings. The fraction of sp³-hybridized carbons (Fsp3) is 0.875. The molecule has 5 nitrogen and oxygen atoms in total. The molecule has 0 amide bonds. The maximum atomic E-state index is 10.4. The Balaban J connectivity index is 2.03. The van der Waals surface area contributed by atoms with E-state index in [0.717, 1.165) is 77.9 Å². The summed E-state index contributed by atoms with van der Waals surface area (Å²) < 4.78 is 13.2. The van der Waals surface area contributed by atoms with E-state index in [1.54, 1.807) is 5.06 Å². The van der Waals surface area contributed by atoms with E-state index in [9.17, 15) is 5.21 Å². The zero-order chi connectivity index (χ0) is 29.6. The SMILES string of the molecule is C=CC[C@]1(CCO[Si](C)(C)C(C)(C)C)CCCN(/C=C/C[C@]2(CCO[Si](C)(C)C(C)(C)C)CCCN(O)C2)C1. The minimum atomic E-state index is -1.77. The molecule has 0 radical (unpaired) electrons. The fourth-order valence-corrected chi connectivity index (χ4v) is 7.83. The molecule has 39 heavy (non-hydrogen) atoms. The molecule has 0 spiro atoms. The summed E-state index contributed by atoms with van der Waals surface area (Å²) in [6, 6.07) is 0. The van der Waals surface area contributed by atoms with Gasteiger partial charge in [0.1, 0.15) is 0 Å². The average Bonchev–Trinajstić information content (AvgIpc) is 2.78. The molecule has 228 valence electrons. The third-order valence-corrected chi connectivity index (χ3v) is 19.7. The summed E-state index contributed by atoms with van der Waals surface area (Å²) in [4.78, 5) is 2.54. The second kappa shape index (κ2) is 13.7. The van der Waals surface area contributed by atoms with Crippen molar-refractivity contribution in [3.63, 3.8) is 0 Å². The van der Waals surface area contributed by atoms with Crippen molar-refractivity contribution in [3.05, 3.63) is 24.9 Å². The van der Waals surface area contributed by atoms with Crippen molar-refractivity contribution in [2.75, 3.05) is 39.4 Å². The third kappa shape index (κ3) is 10.1. The minimum Gasteiger partial charge on any atom is -0.417 e. The van der Waals surface area contributed by atoms with E-state index in [4.69, 9.17) is 8.85 Å². The molecule has 0 aromatic rings. The highest BCUT2D eigenvalue weighted by Crippen LogP contribution is 2.42. The number of nitrogens with zero attached hydrogens (tertiary/aromatic N) is 2. The molecule has 2 heterocycles. The monoisotopic (exact) mass is 580 g/mol. The lowest BCUT2D eigenvalue weighted by molar-refractivity contribution is -0.141. The molecule has 0 bridgehead atoms. The summed E-state index contributed by atoms with van der Waals surface area (Å²) in [5, 5.41) is 12.5. The van der Waals surface area contributed by atoms with Crippen LogP contribution in [0.1, 0.15) is 92.9 Å². The van der Waals surface area contributed by atoms with Gasteiger partial charge in [-0.15, -0.1) is 6.58 Å². The molecule has 2 aliphatic rings. The van der Waals surface area contributed by atoms with Gasteiger partial charge in [-0.3, -0.25) is 0 Å². The van der Waals surface area contributed by atoms with Crippen molar-refractivity contribution < 1.29 is 14.1 Å². The van der Waals surface area contributed by atoms with Crippen molar-refractivity contribution >= 4 is 16.6 Å². The van der Waals surface area contributed by atoms with E-state index >= 15 is 0 Å². The highest BCUT2D eigenvalue weighted by Gasteiger charge is 2.40. The van der Waals surface area contributed by atoms with Gasteiger partial charge in [0.15, 0.2) is 16.6 Å². The molecular formula is C32H64N2O3Si2.